The van der Waals surface area contributed by atoms with Crippen molar-refractivity contribution in [1.82, 2.24) is 0 Å². The van der Waals surface area contributed by atoms with Crippen molar-refractivity contribution in [1.29, 1.82) is 0 Å². The third kappa shape index (κ3) is 5.82. The van der Waals surface area contributed by atoms with E-state index in [4.69, 9.17) is 9.90 Å². The molecule has 1 amide bonds. The summed E-state index contributed by atoms with van der Waals surface area (Å²) >= 11 is 0. The highest BCUT2D eigenvalue weighted by molar-refractivity contribution is 5.67. The van der Waals surface area contributed by atoms with Gasteiger partial charge in [0, 0.05) is 0 Å². The number of aliphatic imine (C=N–C) groups is 2. The largest absolute Gasteiger partial charge is 0.465 e. The molecule has 1 aromatic carbocycles. The van der Waals surface area contributed by atoms with E-state index in [9.17, 15) is 9.59 Å². The number of isocyanates is 2. The predicted octanol–water partition coefficient (Wildman–Crippen LogP) is 1.24. The standard InChI is InChI=1S/C8H4N2O2.CH3NO2/c11-5-9-7-3-1-2-4-8(7)10-6-12;2-1(3)4/h1-4H;2H2,(H,3,4). The minimum Gasteiger partial charge on any atom is -0.465 e. The quantitative estimate of drug-likeness (QED) is 0.576. The molecule has 0 unspecified atom stereocenters. The van der Waals surface area contributed by atoms with Crippen LogP contribution in [0.2, 0.25) is 0 Å². The fourth-order valence-corrected chi connectivity index (χ4v) is 0.752. The van der Waals surface area contributed by atoms with Crippen LogP contribution in [-0.2, 0) is 9.59 Å². The Morgan fingerprint density at radius 2 is 1.44 bits per heavy atom. The number of carboxylic acid groups (broad SMARTS) is 1. The summed E-state index contributed by atoms with van der Waals surface area (Å²) in [4.78, 5) is 35.3. The predicted molar refractivity (Wildman–Crippen MR) is 54.2 cm³/mol. The topological polar surface area (TPSA) is 122 Å². The maximum atomic E-state index is 9.90. The van der Waals surface area contributed by atoms with Crippen molar-refractivity contribution in [3.05, 3.63) is 24.3 Å². The van der Waals surface area contributed by atoms with E-state index in [1.54, 1.807) is 24.3 Å². The first kappa shape index (κ1) is 13.2. The Balaban J connectivity index is 0.000000487. The fraction of sp³-hybridized carbons (Fsp3) is 0. The second-order valence-corrected chi connectivity index (χ2v) is 2.23. The van der Waals surface area contributed by atoms with Gasteiger partial charge in [-0.1, -0.05) is 12.1 Å². The number of nitrogens with zero attached hydrogens (tertiary/aromatic N) is 2. The number of carbonyl (C=O) groups excluding carboxylic acids is 2. The fourth-order valence-electron chi connectivity index (χ4n) is 0.752. The van der Waals surface area contributed by atoms with Crippen molar-refractivity contribution in [2.24, 2.45) is 15.7 Å². The molecule has 7 nitrogen and oxygen atoms in total. The van der Waals surface area contributed by atoms with E-state index in [-0.39, 0.29) is 0 Å². The van der Waals surface area contributed by atoms with Gasteiger partial charge in [0.2, 0.25) is 12.2 Å². The van der Waals surface area contributed by atoms with Gasteiger partial charge in [-0.05, 0) is 12.1 Å². The second kappa shape index (κ2) is 7.64. The summed E-state index contributed by atoms with van der Waals surface area (Å²) in [6.07, 6.45) is 1.40. The molecule has 0 aliphatic rings. The Hall–Kier alpha value is -2.75. The van der Waals surface area contributed by atoms with Crippen molar-refractivity contribution < 1.29 is 19.5 Å². The zero-order chi connectivity index (χ0) is 12.4. The molecule has 0 aliphatic carbocycles. The minimum atomic E-state index is -1.33. The number of nitrogens with two attached hydrogens (primary N) is 1. The second-order valence-electron chi connectivity index (χ2n) is 2.23. The highest BCUT2D eigenvalue weighted by Crippen LogP contribution is 2.25. The number of carbonyl (C=O) groups is 1. The van der Waals surface area contributed by atoms with E-state index in [1.165, 1.54) is 12.2 Å². The monoisotopic (exact) mass is 221 g/mol. The van der Waals surface area contributed by atoms with Crippen LogP contribution in [0.4, 0.5) is 16.2 Å². The van der Waals surface area contributed by atoms with Gasteiger partial charge in [-0.25, -0.2) is 14.4 Å². The van der Waals surface area contributed by atoms with Crippen molar-refractivity contribution in [3.63, 3.8) is 0 Å². The Morgan fingerprint density at radius 3 is 1.69 bits per heavy atom. The summed E-state index contributed by atoms with van der Waals surface area (Å²) in [6, 6.07) is 6.47. The Bertz CT molecular complexity index is 419. The third-order valence-corrected chi connectivity index (χ3v) is 1.21. The van der Waals surface area contributed by atoms with Crippen LogP contribution in [0.15, 0.2) is 34.3 Å². The molecule has 0 fully saturated rings. The van der Waals surface area contributed by atoms with Gasteiger partial charge in [-0.3, -0.25) is 0 Å². The van der Waals surface area contributed by atoms with Gasteiger partial charge in [0.1, 0.15) is 11.4 Å². The normalized spacial score (nSPS) is 7.50. The first-order valence-electron chi connectivity index (χ1n) is 3.85. The van der Waals surface area contributed by atoms with E-state index < -0.39 is 6.09 Å². The Kier molecular flexibility index (Phi) is 6.32. The average molecular weight is 221 g/mol. The van der Waals surface area contributed by atoms with Crippen LogP contribution in [0.25, 0.3) is 0 Å². The van der Waals surface area contributed by atoms with Crippen LogP contribution in [0.5, 0.6) is 0 Å². The van der Waals surface area contributed by atoms with E-state index in [0.717, 1.165) is 0 Å². The molecule has 3 N–H and O–H groups in total. The molecule has 1 rings (SSSR count). The number of hydrogen-bond acceptors (Lipinski definition) is 5. The summed E-state index contributed by atoms with van der Waals surface area (Å²) in [5.74, 6) is 0. The minimum absolute atomic E-state index is 0.316. The van der Waals surface area contributed by atoms with Crippen molar-refractivity contribution in [2.45, 2.75) is 0 Å². The summed E-state index contributed by atoms with van der Waals surface area (Å²) in [6.45, 7) is 0. The molecule has 0 heterocycles. The van der Waals surface area contributed by atoms with E-state index in [0.29, 0.717) is 11.4 Å². The number of benzene rings is 1. The number of primary amides is 1. The molecular formula is C9H7N3O4. The number of rotatable bonds is 2. The van der Waals surface area contributed by atoms with E-state index in [2.05, 4.69) is 15.7 Å². The molecule has 0 aromatic heterocycles. The highest BCUT2D eigenvalue weighted by atomic mass is 16.4. The number of amides is 1. The summed E-state index contributed by atoms with van der Waals surface area (Å²) in [7, 11) is 0. The molecule has 0 aliphatic heterocycles. The molecule has 0 bridgehead atoms. The van der Waals surface area contributed by atoms with Gasteiger partial charge in [0.05, 0.1) is 0 Å². The van der Waals surface area contributed by atoms with Crippen LogP contribution in [0, 0.1) is 0 Å². The van der Waals surface area contributed by atoms with Crippen LogP contribution in [0.1, 0.15) is 0 Å². The van der Waals surface area contributed by atoms with Crippen molar-refractivity contribution in [3.8, 4) is 0 Å². The summed E-state index contributed by atoms with van der Waals surface area (Å²) in [5, 5.41) is 7.19. The molecule has 1 aromatic rings. The van der Waals surface area contributed by atoms with Crippen LogP contribution in [0.3, 0.4) is 0 Å². The van der Waals surface area contributed by atoms with Crippen molar-refractivity contribution in [2.75, 3.05) is 0 Å². The summed E-state index contributed by atoms with van der Waals surface area (Å²) in [5.41, 5.74) is 4.66. The SMILES string of the molecule is NC(=O)O.O=C=Nc1ccccc1N=C=O. The number of hydrogen-bond donors (Lipinski definition) is 2. The lowest BCUT2D eigenvalue weighted by Gasteiger charge is -1.92. The Labute approximate surface area is 89.9 Å². The molecule has 0 saturated carbocycles. The van der Waals surface area contributed by atoms with Crippen LogP contribution >= 0.6 is 0 Å². The third-order valence-electron chi connectivity index (χ3n) is 1.21. The summed E-state index contributed by atoms with van der Waals surface area (Å²) < 4.78 is 0. The van der Waals surface area contributed by atoms with Gasteiger partial charge < -0.3 is 10.8 Å². The maximum absolute atomic E-state index is 9.90. The van der Waals surface area contributed by atoms with Crippen molar-refractivity contribution >= 4 is 29.6 Å². The molecule has 82 valence electrons. The van der Waals surface area contributed by atoms with Gasteiger partial charge in [-0.15, -0.1) is 0 Å². The first-order chi connectivity index (χ1) is 7.61. The average Bonchev–Trinajstić information content (AvgIpc) is 2.21. The first-order valence-corrected chi connectivity index (χ1v) is 3.85. The molecule has 0 spiro atoms. The highest BCUT2D eigenvalue weighted by Gasteiger charge is 1.96. The van der Waals surface area contributed by atoms with E-state index in [1.807, 2.05) is 0 Å². The van der Waals surface area contributed by atoms with E-state index >= 15 is 0 Å². The lowest BCUT2D eigenvalue weighted by atomic mass is 10.3. The van der Waals surface area contributed by atoms with Crippen LogP contribution < -0.4 is 5.73 Å². The molecule has 0 radical (unpaired) electrons. The lowest BCUT2D eigenvalue weighted by Crippen LogP contribution is -2.03. The maximum Gasteiger partial charge on any atom is 0.402 e. The molecular weight excluding hydrogens is 214 g/mol. The van der Waals surface area contributed by atoms with Gasteiger partial charge >= 0.3 is 6.09 Å². The molecule has 16 heavy (non-hydrogen) atoms. The Morgan fingerprint density at radius 1 is 1.12 bits per heavy atom. The van der Waals surface area contributed by atoms with Gasteiger partial charge in [0.25, 0.3) is 0 Å². The van der Waals surface area contributed by atoms with Crippen LogP contribution in [-0.4, -0.2) is 23.4 Å². The lowest BCUT2D eigenvalue weighted by molar-refractivity contribution is 0.205. The molecule has 7 heteroatoms. The van der Waals surface area contributed by atoms with Gasteiger partial charge in [-0.2, -0.15) is 9.98 Å². The zero-order valence-corrected chi connectivity index (χ0v) is 7.95. The smallest absolute Gasteiger partial charge is 0.402 e. The molecule has 0 atom stereocenters. The van der Waals surface area contributed by atoms with Gasteiger partial charge in [0.15, 0.2) is 0 Å². The zero-order valence-electron chi connectivity index (χ0n) is 7.95. The molecule has 0 saturated heterocycles. The number of para-hydroxylation sites is 2.